The molecule has 0 atom stereocenters. The van der Waals surface area contributed by atoms with Crippen molar-refractivity contribution in [2.75, 3.05) is 13.2 Å². The normalized spacial score (nSPS) is 9.90. The molecule has 0 aromatic heterocycles. The number of non-ortho nitro benzene ring substituents is 1. The molecule has 0 aliphatic rings. The van der Waals surface area contributed by atoms with Crippen molar-refractivity contribution in [1.82, 2.24) is 5.32 Å². The fraction of sp³-hybridized carbons (Fsp3) is 0.308. The molecule has 1 aromatic carbocycles. The van der Waals surface area contributed by atoms with Crippen molar-refractivity contribution >= 4 is 11.6 Å². The topological polar surface area (TPSA) is 81.5 Å². The van der Waals surface area contributed by atoms with Crippen LogP contribution < -0.4 is 5.32 Å². The molecular formula is C13H15FN2O4. The third-order valence-corrected chi connectivity index (χ3v) is 2.54. The van der Waals surface area contributed by atoms with Crippen LogP contribution >= 0.6 is 0 Å². The van der Waals surface area contributed by atoms with E-state index in [4.69, 9.17) is 4.74 Å². The Bertz CT molecular complexity index is 531. The molecule has 1 aromatic rings. The molecule has 1 rings (SSSR count). The minimum Gasteiger partial charge on any atom is -0.502 e. The molecule has 0 unspecified atom stereocenters. The van der Waals surface area contributed by atoms with E-state index in [0.717, 1.165) is 12.1 Å². The summed E-state index contributed by atoms with van der Waals surface area (Å²) >= 11 is 0. The first-order valence-corrected chi connectivity index (χ1v) is 5.92. The Labute approximate surface area is 115 Å². The van der Waals surface area contributed by atoms with E-state index in [-0.39, 0.29) is 23.4 Å². The Balaban J connectivity index is 2.76. The maximum Gasteiger partial charge on any atom is 0.270 e. The summed E-state index contributed by atoms with van der Waals surface area (Å²) in [6.45, 7) is 5.38. The van der Waals surface area contributed by atoms with Gasteiger partial charge >= 0.3 is 0 Å². The Morgan fingerprint density at radius 1 is 1.60 bits per heavy atom. The van der Waals surface area contributed by atoms with Crippen LogP contribution in [0.4, 0.5) is 10.1 Å². The van der Waals surface area contributed by atoms with E-state index in [0.29, 0.717) is 13.0 Å². The van der Waals surface area contributed by atoms with Crippen LogP contribution in [0.25, 0.3) is 0 Å². The molecule has 1 amide bonds. The van der Waals surface area contributed by atoms with Gasteiger partial charge in [0.05, 0.1) is 23.4 Å². The summed E-state index contributed by atoms with van der Waals surface area (Å²) in [5.74, 6) is -1.44. The van der Waals surface area contributed by atoms with Crippen LogP contribution in [0.1, 0.15) is 22.3 Å². The Hall–Kier alpha value is -2.44. The minimum absolute atomic E-state index is 0.0549. The van der Waals surface area contributed by atoms with Crippen molar-refractivity contribution in [3.05, 3.63) is 52.0 Å². The summed E-state index contributed by atoms with van der Waals surface area (Å²) in [6.07, 6.45) is 1.80. The first-order chi connectivity index (χ1) is 9.47. The number of hydrogen-bond donors (Lipinski definition) is 1. The predicted octanol–water partition coefficient (Wildman–Crippen LogP) is 2.32. The number of nitrogens with zero attached hydrogens (tertiary/aromatic N) is 1. The van der Waals surface area contributed by atoms with Gasteiger partial charge in [-0.05, 0) is 18.9 Å². The van der Waals surface area contributed by atoms with Gasteiger partial charge in [-0.2, -0.15) is 0 Å². The third kappa shape index (κ3) is 4.04. The number of rotatable bonds is 7. The predicted molar refractivity (Wildman–Crippen MR) is 70.9 cm³/mol. The van der Waals surface area contributed by atoms with Crippen molar-refractivity contribution in [2.24, 2.45) is 0 Å². The van der Waals surface area contributed by atoms with Gasteiger partial charge in [0.25, 0.3) is 11.6 Å². The van der Waals surface area contributed by atoms with E-state index >= 15 is 0 Å². The largest absolute Gasteiger partial charge is 0.502 e. The zero-order valence-corrected chi connectivity index (χ0v) is 11.0. The summed E-state index contributed by atoms with van der Waals surface area (Å²) in [5.41, 5.74) is -0.593. The monoisotopic (exact) mass is 282 g/mol. The van der Waals surface area contributed by atoms with E-state index < -0.39 is 16.6 Å². The molecule has 0 saturated carbocycles. The number of carbonyl (C=O) groups excluding carboxylic acids is 1. The smallest absolute Gasteiger partial charge is 0.270 e. The molecule has 0 saturated heterocycles. The van der Waals surface area contributed by atoms with Crippen LogP contribution in [0.3, 0.4) is 0 Å². The van der Waals surface area contributed by atoms with Crippen molar-refractivity contribution in [3.63, 3.8) is 0 Å². The zero-order valence-electron chi connectivity index (χ0n) is 11.0. The van der Waals surface area contributed by atoms with Gasteiger partial charge in [-0.3, -0.25) is 14.9 Å². The molecule has 0 aliphatic carbocycles. The van der Waals surface area contributed by atoms with E-state index in [2.05, 4.69) is 11.9 Å². The lowest BCUT2D eigenvalue weighted by Gasteiger charge is -2.07. The maximum atomic E-state index is 13.8. The van der Waals surface area contributed by atoms with Crippen LogP contribution in [-0.4, -0.2) is 24.0 Å². The van der Waals surface area contributed by atoms with Crippen molar-refractivity contribution < 1.29 is 18.8 Å². The fourth-order valence-corrected chi connectivity index (χ4v) is 1.56. The number of benzene rings is 1. The molecule has 0 fully saturated rings. The summed E-state index contributed by atoms with van der Waals surface area (Å²) in [4.78, 5) is 21.8. The van der Waals surface area contributed by atoms with Crippen molar-refractivity contribution in [2.45, 2.75) is 13.3 Å². The van der Waals surface area contributed by atoms with E-state index in [9.17, 15) is 19.3 Å². The van der Waals surface area contributed by atoms with Gasteiger partial charge in [0, 0.05) is 18.7 Å². The third-order valence-electron chi connectivity index (χ3n) is 2.54. The Morgan fingerprint density at radius 2 is 2.30 bits per heavy atom. The molecule has 0 spiro atoms. The molecule has 108 valence electrons. The quantitative estimate of drug-likeness (QED) is 0.360. The number of ether oxygens (including phenoxy) is 1. The van der Waals surface area contributed by atoms with Gasteiger partial charge < -0.3 is 10.1 Å². The van der Waals surface area contributed by atoms with Crippen LogP contribution in [0.5, 0.6) is 0 Å². The van der Waals surface area contributed by atoms with Gasteiger partial charge in [-0.25, -0.2) is 4.39 Å². The summed E-state index contributed by atoms with van der Waals surface area (Å²) < 4.78 is 18.7. The van der Waals surface area contributed by atoms with Crippen LogP contribution in [0.2, 0.25) is 0 Å². The second-order valence-corrected chi connectivity index (χ2v) is 4.03. The highest BCUT2D eigenvalue weighted by Gasteiger charge is 2.19. The minimum atomic E-state index is -0.754. The Morgan fingerprint density at radius 3 is 2.90 bits per heavy atom. The molecule has 6 nitrogen and oxygen atoms in total. The number of carbonyl (C=O) groups is 1. The van der Waals surface area contributed by atoms with Crippen molar-refractivity contribution in [3.8, 4) is 0 Å². The fourth-order valence-electron chi connectivity index (χ4n) is 1.56. The highest BCUT2D eigenvalue weighted by atomic mass is 19.1. The number of aryl methyl sites for hydroxylation is 1. The first kappa shape index (κ1) is 15.6. The summed E-state index contributed by atoms with van der Waals surface area (Å²) in [5, 5.41) is 13.2. The second-order valence-electron chi connectivity index (χ2n) is 4.03. The SMILES string of the molecule is C=COCCCNC(=O)c1cc([N+](=O)[O-])cc(C)c1F. The molecular weight excluding hydrogens is 267 g/mol. The maximum absolute atomic E-state index is 13.8. The standard InChI is InChI=1S/C13H15FN2O4/c1-3-20-6-4-5-15-13(17)11-8-10(16(18)19)7-9(2)12(11)14/h3,7-8H,1,4-6H2,2H3,(H,15,17). The molecule has 20 heavy (non-hydrogen) atoms. The average Bonchev–Trinajstić information content (AvgIpc) is 2.41. The summed E-state index contributed by atoms with van der Waals surface area (Å²) in [7, 11) is 0. The number of hydrogen-bond acceptors (Lipinski definition) is 4. The lowest BCUT2D eigenvalue weighted by molar-refractivity contribution is -0.385. The van der Waals surface area contributed by atoms with Crippen LogP contribution in [0, 0.1) is 22.9 Å². The molecule has 0 radical (unpaired) electrons. The molecule has 7 heteroatoms. The van der Waals surface area contributed by atoms with Crippen LogP contribution in [0.15, 0.2) is 25.0 Å². The Kier molecular flexibility index (Phi) is 5.64. The molecule has 1 N–H and O–H groups in total. The highest BCUT2D eigenvalue weighted by Crippen LogP contribution is 2.20. The summed E-state index contributed by atoms with van der Waals surface area (Å²) in [6, 6.07) is 2.02. The van der Waals surface area contributed by atoms with E-state index in [1.807, 2.05) is 0 Å². The molecule has 0 aliphatic heterocycles. The highest BCUT2D eigenvalue weighted by molar-refractivity contribution is 5.95. The molecule has 0 heterocycles. The number of amides is 1. The van der Waals surface area contributed by atoms with Gasteiger partial charge in [0.2, 0.25) is 0 Å². The van der Waals surface area contributed by atoms with Gasteiger partial charge in [0.1, 0.15) is 5.82 Å². The molecule has 0 bridgehead atoms. The lowest BCUT2D eigenvalue weighted by Crippen LogP contribution is -2.26. The van der Waals surface area contributed by atoms with Gasteiger partial charge in [0.15, 0.2) is 0 Å². The van der Waals surface area contributed by atoms with Crippen LogP contribution in [-0.2, 0) is 4.74 Å². The van der Waals surface area contributed by atoms with Gasteiger partial charge in [-0.15, -0.1) is 0 Å². The van der Waals surface area contributed by atoms with E-state index in [1.165, 1.54) is 13.2 Å². The zero-order chi connectivity index (χ0) is 15.1. The van der Waals surface area contributed by atoms with Crippen molar-refractivity contribution in [1.29, 1.82) is 0 Å². The first-order valence-electron chi connectivity index (χ1n) is 5.92. The number of halogens is 1. The lowest BCUT2D eigenvalue weighted by atomic mass is 10.1. The number of nitro benzene ring substituents is 1. The average molecular weight is 282 g/mol. The van der Waals surface area contributed by atoms with Gasteiger partial charge in [-0.1, -0.05) is 6.58 Å². The second kappa shape index (κ2) is 7.22. The number of nitro groups is 1. The number of nitrogens with one attached hydrogen (secondary N) is 1. The van der Waals surface area contributed by atoms with E-state index in [1.54, 1.807) is 0 Å².